The molecule has 142 valence electrons. The molecule has 0 spiro atoms. The summed E-state index contributed by atoms with van der Waals surface area (Å²) in [5.74, 6) is 0.00603. The van der Waals surface area contributed by atoms with Crippen LogP contribution in [0.2, 0.25) is 0 Å². The van der Waals surface area contributed by atoms with Gasteiger partial charge >= 0.3 is 6.03 Å². The van der Waals surface area contributed by atoms with Crippen LogP contribution in [0.25, 0.3) is 0 Å². The largest absolute Gasteiger partial charge is 0.349 e. The van der Waals surface area contributed by atoms with E-state index in [0.29, 0.717) is 6.42 Å². The maximum Gasteiger partial charge on any atom is 0.326 e. The van der Waals surface area contributed by atoms with E-state index < -0.39 is 0 Å². The molecule has 1 unspecified atom stereocenters. The Bertz CT molecular complexity index is 655. The molecule has 1 N–H and O–H groups in total. The van der Waals surface area contributed by atoms with Crippen LogP contribution in [0.3, 0.4) is 0 Å². The Morgan fingerprint density at radius 3 is 2.35 bits per heavy atom. The molecule has 1 heterocycles. The van der Waals surface area contributed by atoms with E-state index in [2.05, 4.69) is 50.4 Å². The van der Waals surface area contributed by atoms with Gasteiger partial charge < -0.3 is 10.2 Å². The highest BCUT2D eigenvalue weighted by atomic mass is 16.2. The van der Waals surface area contributed by atoms with Gasteiger partial charge in [-0.25, -0.2) is 4.79 Å². The monoisotopic (exact) mass is 359 g/mol. The van der Waals surface area contributed by atoms with Crippen LogP contribution in [0, 0.1) is 5.92 Å². The Hall–Kier alpha value is -2.37. The average molecular weight is 359 g/mol. The number of nitrogens with one attached hydrogen (secondary N) is 1. The van der Waals surface area contributed by atoms with Gasteiger partial charge in [0.1, 0.15) is 6.54 Å². The number of imide groups is 1. The first-order chi connectivity index (χ1) is 12.3. The summed E-state index contributed by atoms with van der Waals surface area (Å²) in [6.07, 6.45) is 1.75. The molecule has 1 aliphatic heterocycles. The third-order valence-electron chi connectivity index (χ3n) is 4.75. The number of carbonyl (C=O) groups excluding carboxylic acids is 3. The van der Waals surface area contributed by atoms with E-state index in [-0.39, 0.29) is 49.3 Å². The van der Waals surface area contributed by atoms with Crippen molar-refractivity contribution in [3.05, 3.63) is 35.4 Å². The number of carbonyl (C=O) groups is 3. The predicted octanol–water partition coefficient (Wildman–Crippen LogP) is 2.74. The normalized spacial score (nSPS) is 15.7. The SMILES string of the molecule is CCc1ccc(C(NC(=O)CCCN2C(=O)CN(C)C2=O)C(C)C)cc1. The number of likely N-dealkylation sites (N-methyl/N-ethyl adjacent to an activating group) is 1. The van der Waals surface area contributed by atoms with Crippen LogP contribution >= 0.6 is 0 Å². The lowest BCUT2D eigenvalue weighted by Gasteiger charge is -2.23. The Morgan fingerprint density at radius 1 is 1.19 bits per heavy atom. The Morgan fingerprint density at radius 2 is 1.85 bits per heavy atom. The zero-order valence-electron chi connectivity index (χ0n) is 16.1. The van der Waals surface area contributed by atoms with Crippen molar-refractivity contribution < 1.29 is 14.4 Å². The number of nitrogens with zero attached hydrogens (tertiary/aromatic N) is 2. The molecule has 1 aromatic rings. The van der Waals surface area contributed by atoms with Crippen LogP contribution < -0.4 is 5.32 Å². The number of hydrogen-bond acceptors (Lipinski definition) is 3. The van der Waals surface area contributed by atoms with Gasteiger partial charge in [0.2, 0.25) is 11.8 Å². The van der Waals surface area contributed by atoms with Crippen molar-refractivity contribution in [1.29, 1.82) is 0 Å². The molecule has 1 aromatic carbocycles. The topological polar surface area (TPSA) is 69.7 Å². The highest BCUT2D eigenvalue weighted by molar-refractivity contribution is 6.01. The van der Waals surface area contributed by atoms with Crippen LogP contribution in [-0.2, 0) is 16.0 Å². The summed E-state index contributed by atoms with van der Waals surface area (Å²) < 4.78 is 0. The van der Waals surface area contributed by atoms with Gasteiger partial charge in [-0.1, -0.05) is 45.0 Å². The molecule has 0 bridgehead atoms. The van der Waals surface area contributed by atoms with E-state index in [1.54, 1.807) is 7.05 Å². The maximum absolute atomic E-state index is 12.3. The van der Waals surface area contributed by atoms with Crippen molar-refractivity contribution in [3.8, 4) is 0 Å². The Labute approximate surface area is 155 Å². The molecule has 4 amide bonds. The van der Waals surface area contributed by atoms with Crippen LogP contribution in [0.1, 0.15) is 50.8 Å². The first-order valence-corrected chi connectivity index (χ1v) is 9.27. The van der Waals surface area contributed by atoms with Gasteiger partial charge in [-0.15, -0.1) is 0 Å². The maximum atomic E-state index is 12.3. The standard InChI is InChI=1S/C20H29N3O3/c1-5-15-8-10-16(11-9-15)19(14(2)3)21-17(24)7-6-12-23-18(25)13-22(4)20(23)26/h8-11,14,19H,5-7,12-13H2,1-4H3,(H,21,24). The van der Waals surface area contributed by atoms with Crippen LogP contribution in [0.4, 0.5) is 4.79 Å². The highest BCUT2D eigenvalue weighted by Crippen LogP contribution is 2.22. The average Bonchev–Trinajstić information content (AvgIpc) is 2.85. The summed E-state index contributed by atoms with van der Waals surface area (Å²) >= 11 is 0. The smallest absolute Gasteiger partial charge is 0.326 e. The lowest BCUT2D eigenvalue weighted by atomic mass is 9.94. The molecule has 0 aromatic heterocycles. The zero-order chi connectivity index (χ0) is 19.3. The fourth-order valence-corrected chi connectivity index (χ4v) is 3.13. The van der Waals surface area contributed by atoms with E-state index >= 15 is 0 Å². The van der Waals surface area contributed by atoms with Crippen LogP contribution in [0.15, 0.2) is 24.3 Å². The number of amides is 4. The third kappa shape index (κ3) is 4.84. The molecule has 1 saturated heterocycles. The second kappa shape index (κ2) is 8.83. The van der Waals surface area contributed by atoms with Gasteiger partial charge in [0.25, 0.3) is 0 Å². The Kier molecular flexibility index (Phi) is 6.77. The van der Waals surface area contributed by atoms with Crippen molar-refractivity contribution in [2.45, 2.75) is 46.1 Å². The predicted molar refractivity (Wildman–Crippen MR) is 101 cm³/mol. The van der Waals surface area contributed by atoms with Crippen molar-refractivity contribution in [2.75, 3.05) is 20.1 Å². The lowest BCUT2D eigenvalue weighted by Crippen LogP contribution is -2.34. The van der Waals surface area contributed by atoms with Gasteiger partial charge in [0.05, 0.1) is 6.04 Å². The number of rotatable bonds is 8. The minimum absolute atomic E-state index is 0.0467. The van der Waals surface area contributed by atoms with E-state index in [4.69, 9.17) is 0 Å². The minimum Gasteiger partial charge on any atom is -0.349 e. The van der Waals surface area contributed by atoms with Gasteiger partial charge in [-0.2, -0.15) is 0 Å². The molecular weight excluding hydrogens is 330 g/mol. The summed E-state index contributed by atoms with van der Waals surface area (Å²) in [6, 6.07) is 8.00. The highest BCUT2D eigenvalue weighted by Gasteiger charge is 2.32. The fourth-order valence-electron chi connectivity index (χ4n) is 3.13. The number of aryl methyl sites for hydroxylation is 1. The Balaban J connectivity index is 1.87. The number of urea groups is 1. The zero-order valence-corrected chi connectivity index (χ0v) is 16.1. The van der Waals surface area contributed by atoms with Crippen molar-refractivity contribution in [2.24, 2.45) is 5.92 Å². The van der Waals surface area contributed by atoms with Crippen LogP contribution in [0.5, 0.6) is 0 Å². The summed E-state index contributed by atoms with van der Waals surface area (Å²) in [4.78, 5) is 38.5. The lowest BCUT2D eigenvalue weighted by molar-refractivity contribution is -0.126. The van der Waals surface area contributed by atoms with Crippen molar-refractivity contribution in [3.63, 3.8) is 0 Å². The second-order valence-electron chi connectivity index (χ2n) is 7.17. The number of hydrogen-bond donors (Lipinski definition) is 1. The second-order valence-corrected chi connectivity index (χ2v) is 7.17. The van der Waals surface area contributed by atoms with Gasteiger partial charge in [-0.05, 0) is 29.9 Å². The molecule has 0 aliphatic carbocycles. The molecule has 6 heteroatoms. The summed E-state index contributed by atoms with van der Waals surface area (Å²) in [5.41, 5.74) is 2.37. The molecule has 0 radical (unpaired) electrons. The van der Waals surface area contributed by atoms with Crippen LogP contribution in [-0.4, -0.2) is 47.8 Å². The summed E-state index contributed by atoms with van der Waals surface area (Å²) in [5, 5.41) is 3.09. The quantitative estimate of drug-likeness (QED) is 0.726. The molecule has 1 aliphatic rings. The van der Waals surface area contributed by atoms with E-state index in [1.165, 1.54) is 15.4 Å². The van der Waals surface area contributed by atoms with Crippen molar-refractivity contribution in [1.82, 2.24) is 15.1 Å². The molecule has 1 fully saturated rings. The van der Waals surface area contributed by atoms with Gasteiger partial charge in [-0.3, -0.25) is 14.5 Å². The molecule has 26 heavy (non-hydrogen) atoms. The molecule has 0 saturated carbocycles. The molecule has 1 atom stereocenters. The molecule has 2 rings (SSSR count). The van der Waals surface area contributed by atoms with E-state index in [0.717, 1.165) is 12.0 Å². The molecular formula is C20H29N3O3. The minimum atomic E-state index is -0.286. The summed E-state index contributed by atoms with van der Waals surface area (Å²) in [7, 11) is 1.60. The molecule has 6 nitrogen and oxygen atoms in total. The fraction of sp³-hybridized carbons (Fsp3) is 0.550. The summed E-state index contributed by atoms with van der Waals surface area (Å²) in [6.45, 7) is 6.68. The number of benzene rings is 1. The van der Waals surface area contributed by atoms with Gasteiger partial charge in [0, 0.05) is 20.0 Å². The van der Waals surface area contributed by atoms with Gasteiger partial charge in [0.15, 0.2) is 0 Å². The first-order valence-electron chi connectivity index (χ1n) is 9.27. The van der Waals surface area contributed by atoms with E-state index in [1.807, 2.05) is 0 Å². The van der Waals surface area contributed by atoms with Crippen molar-refractivity contribution >= 4 is 17.8 Å². The third-order valence-corrected chi connectivity index (χ3v) is 4.75. The first kappa shape index (κ1) is 19.9. The van der Waals surface area contributed by atoms with E-state index in [9.17, 15) is 14.4 Å².